The van der Waals surface area contributed by atoms with Crippen LogP contribution in [-0.4, -0.2) is 35.5 Å². The van der Waals surface area contributed by atoms with Crippen LogP contribution in [0.25, 0.3) is 0 Å². The molecular weight excluding hydrogens is 647 g/mol. The summed E-state index contributed by atoms with van der Waals surface area (Å²) >= 11 is 14.8. The normalized spacial score (nSPS) is 36.3. The van der Waals surface area contributed by atoms with Crippen molar-refractivity contribution in [3.63, 3.8) is 0 Å². The van der Waals surface area contributed by atoms with E-state index in [1.807, 2.05) is 0 Å². The molecule has 49 heavy (non-hydrogen) atoms. The largest absolute Gasteiger partial charge is 0.378 e. The van der Waals surface area contributed by atoms with Crippen LogP contribution >= 0.6 is 23.2 Å². The highest BCUT2D eigenvalue weighted by Crippen LogP contribution is 2.75. The molecular formula is C44H76Cl2O3. The smallest absolute Gasteiger partial charge is 0.151 e. The Balaban J connectivity index is 0.956. The zero-order chi connectivity index (χ0) is 34.6. The molecule has 5 fully saturated rings. The molecule has 0 radical (unpaired) electrons. The third-order valence-electron chi connectivity index (χ3n) is 14.8. The number of halogens is 2. The van der Waals surface area contributed by atoms with Gasteiger partial charge in [0.15, 0.2) is 5.78 Å². The van der Waals surface area contributed by atoms with E-state index in [1.54, 1.807) is 0 Å². The predicted octanol–water partition coefficient (Wildman–Crippen LogP) is 13.7. The van der Waals surface area contributed by atoms with Crippen molar-refractivity contribution in [2.24, 2.45) is 34.5 Å². The van der Waals surface area contributed by atoms with Gasteiger partial charge in [-0.1, -0.05) is 114 Å². The van der Waals surface area contributed by atoms with E-state index in [0.717, 1.165) is 88.3 Å². The molecule has 0 unspecified atom stereocenters. The number of rotatable bonds is 20. The van der Waals surface area contributed by atoms with E-state index in [4.69, 9.17) is 32.7 Å². The van der Waals surface area contributed by atoms with Crippen molar-refractivity contribution in [1.82, 2.24) is 0 Å². The van der Waals surface area contributed by atoms with E-state index in [0.29, 0.717) is 18.0 Å². The Labute approximate surface area is 312 Å². The number of alkyl halides is 2. The summed E-state index contributed by atoms with van der Waals surface area (Å²) < 4.78 is 11.7. The zero-order valence-corrected chi connectivity index (χ0v) is 33.6. The van der Waals surface area contributed by atoms with Gasteiger partial charge in [-0.3, -0.25) is 4.79 Å². The number of Topliss-reactive ketones (excluding diaryl/α,β-unsaturated/α-hetero) is 1. The van der Waals surface area contributed by atoms with Crippen LogP contribution in [0.15, 0.2) is 0 Å². The maximum atomic E-state index is 14.2. The van der Waals surface area contributed by atoms with Crippen LogP contribution in [0, 0.1) is 34.5 Å². The van der Waals surface area contributed by atoms with Crippen LogP contribution in [0.4, 0.5) is 0 Å². The summed E-state index contributed by atoms with van der Waals surface area (Å²) in [6, 6.07) is 0. The Hall–Kier alpha value is 0.170. The van der Waals surface area contributed by atoms with Gasteiger partial charge in [0.25, 0.3) is 0 Å². The predicted molar refractivity (Wildman–Crippen MR) is 208 cm³/mol. The maximum Gasteiger partial charge on any atom is 0.151 e. The fraction of sp³-hybridized carbons (Fsp3) is 0.977. The van der Waals surface area contributed by atoms with Crippen molar-refractivity contribution in [1.29, 1.82) is 0 Å². The first-order chi connectivity index (χ1) is 23.9. The Morgan fingerprint density at radius 1 is 0.469 bits per heavy atom. The molecule has 5 rings (SSSR count). The van der Waals surface area contributed by atoms with Crippen molar-refractivity contribution in [3.05, 3.63) is 0 Å². The molecule has 0 aromatic carbocycles. The summed E-state index contributed by atoms with van der Waals surface area (Å²) in [6.45, 7) is 6.46. The molecule has 2 spiro atoms. The van der Waals surface area contributed by atoms with Crippen LogP contribution in [-0.2, 0) is 14.3 Å². The average molecular weight is 724 g/mol. The molecule has 0 atom stereocenters. The lowest BCUT2D eigenvalue weighted by molar-refractivity contribution is -0.173. The summed E-state index contributed by atoms with van der Waals surface area (Å²) in [5.41, 5.74) is -0.970. The molecule has 0 amide bonds. The quantitative estimate of drug-likeness (QED) is 0.0927. The van der Waals surface area contributed by atoms with Gasteiger partial charge in [0.1, 0.15) is 4.33 Å². The Bertz CT molecular complexity index is 862. The second kappa shape index (κ2) is 20.0. The minimum absolute atomic E-state index is 0.451. The molecule has 5 aliphatic carbocycles. The highest BCUT2D eigenvalue weighted by molar-refractivity contribution is 6.55. The Morgan fingerprint density at radius 3 is 1.10 bits per heavy atom. The number of hydrogen-bond acceptors (Lipinski definition) is 3. The molecule has 3 nitrogen and oxygen atoms in total. The van der Waals surface area contributed by atoms with Gasteiger partial charge in [0.2, 0.25) is 0 Å². The van der Waals surface area contributed by atoms with Crippen molar-refractivity contribution in [2.45, 2.75) is 223 Å². The minimum atomic E-state index is -0.879. The van der Waals surface area contributed by atoms with Crippen molar-refractivity contribution < 1.29 is 14.3 Å². The first kappa shape index (κ1) is 40.4. The number of ether oxygens (including phenoxy) is 2. The van der Waals surface area contributed by atoms with E-state index in [2.05, 4.69) is 13.8 Å². The van der Waals surface area contributed by atoms with Crippen molar-refractivity contribution in [3.8, 4) is 0 Å². The van der Waals surface area contributed by atoms with Crippen LogP contribution < -0.4 is 0 Å². The highest BCUT2D eigenvalue weighted by atomic mass is 35.5. The summed E-state index contributed by atoms with van der Waals surface area (Å²) in [6.07, 6.45) is 37.9. The molecule has 0 aromatic rings. The monoisotopic (exact) mass is 723 g/mol. The molecule has 0 saturated heterocycles. The number of unbranched alkanes of at least 4 members (excludes halogenated alkanes) is 12. The summed E-state index contributed by atoms with van der Waals surface area (Å²) in [5, 5.41) is 0. The molecule has 0 N–H and O–H groups in total. The number of carbonyl (C=O) groups is 1. The lowest BCUT2D eigenvalue weighted by Gasteiger charge is -2.67. The molecule has 5 aliphatic rings. The molecule has 284 valence electrons. The van der Waals surface area contributed by atoms with Crippen molar-refractivity contribution >= 4 is 29.0 Å². The van der Waals surface area contributed by atoms with Crippen LogP contribution in [0.1, 0.15) is 206 Å². The fourth-order valence-corrected chi connectivity index (χ4v) is 12.6. The number of ketones is 1. The molecule has 5 heteroatoms. The lowest BCUT2D eigenvalue weighted by Crippen LogP contribution is -2.74. The molecule has 0 aliphatic heterocycles. The second-order valence-corrected chi connectivity index (χ2v) is 19.1. The maximum absolute atomic E-state index is 14.2. The van der Waals surface area contributed by atoms with E-state index in [-0.39, 0.29) is 0 Å². The number of hydrogen-bond donors (Lipinski definition) is 0. The minimum Gasteiger partial charge on any atom is -0.378 e. The van der Waals surface area contributed by atoms with E-state index < -0.39 is 15.2 Å². The fourth-order valence-electron chi connectivity index (χ4n) is 11.5. The average Bonchev–Trinajstić information content (AvgIpc) is 3.14. The second-order valence-electron chi connectivity index (χ2n) is 17.8. The van der Waals surface area contributed by atoms with Gasteiger partial charge in [-0.05, 0) is 139 Å². The van der Waals surface area contributed by atoms with Crippen LogP contribution in [0.2, 0.25) is 0 Å². The molecule has 0 heterocycles. The SMILES string of the molecule is CCCCCCCCCO[C@H]1CC[C@H](C2CCC3(CC2)C(=O)C2(CCC([C@H]4CC[C@H](OCCCCCCCCC)CC4)CC2)C3(Cl)Cl)CC1. The summed E-state index contributed by atoms with van der Waals surface area (Å²) in [7, 11) is 0. The van der Waals surface area contributed by atoms with Crippen molar-refractivity contribution in [2.75, 3.05) is 13.2 Å². The highest BCUT2D eigenvalue weighted by Gasteiger charge is 2.79. The van der Waals surface area contributed by atoms with Gasteiger partial charge < -0.3 is 9.47 Å². The van der Waals surface area contributed by atoms with Gasteiger partial charge in [0.05, 0.1) is 23.0 Å². The van der Waals surface area contributed by atoms with Gasteiger partial charge in [-0.2, -0.15) is 0 Å². The lowest BCUT2D eigenvalue weighted by atomic mass is 9.41. The standard InChI is InChI=1S/C44H76Cl2O3/c1-3-5-7-9-11-13-15-33-48-39-21-17-35(18-22-39)37-25-29-42(30-26-37)41(47)43(44(42,45)46)31-27-38(28-32-43)36-19-23-40(24-20-36)49-34-16-14-12-10-8-6-4-2/h35-40H,3-34H2,1-2H3/t35-,36-,37?,38?,39-,40-,42?,43?. The van der Waals surface area contributed by atoms with E-state index in [1.165, 1.54) is 141 Å². The molecule has 5 saturated carbocycles. The first-order valence-electron chi connectivity index (χ1n) is 22.0. The first-order valence-corrected chi connectivity index (χ1v) is 22.8. The summed E-state index contributed by atoms with van der Waals surface area (Å²) in [4.78, 5) is 14.2. The Kier molecular flexibility index (Phi) is 16.5. The third kappa shape index (κ3) is 9.84. The molecule has 0 bridgehead atoms. The van der Waals surface area contributed by atoms with Crippen LogP contribution in [0.3, 0.4) is 0 Å². The number of carbonyl (C=O) groups excluding carboxylic acids is 1. The topological polar surface area (TPSA) is 35.5 Å². The third-order valence-corrected chi connectivity index (χ3v) is 16.3. The van der Waals surface area contributed by atoms with Crippen LogP contribution in [0.5, 0.6) is 0 Å². The van der Waals surface area contributed by atoms with E-state index in [9.17, 15) is 4.79 Å². The van der Waals surface area contributed by atoms with Gasteiger partial charge in [-0.25, -0.2) is 0 Å². The molecule has 0 aromatic heterocycles. The zero-order valence-electron chi connectivity index (χ0n) is 32.1. The van der Waals surface area contributed by atoms with E-state index >= 15 is 0 Å². The Morgan fingerprint density at radius 2 is 0.776 bits per heavy atom. The van der Waals surface area contributed by atoms with Gasteiger partial charge in [0, 0.05) is 13.2 Å². The summed E-state index contributed by atoms with van der Waals surface area (Å²) in [5.74, 6) is 3.49. The van der Waals surface area contributed by atoms with Gasteiger partial charge in [-0.15, -0.1) is 0 Å². The van der Waals surface area contributed by atoms with Gasteiger partial charge >= 0.3 is 0 Å².